The van der Waals surface area contributed by atoms with E-state index in [1.165, 1.54) is 32.1 Å². The average molecular weight is 517 g/mol. The van der Waals surface area contributed by atoms with Crippen LogP contribution in [0.2, 0.25) is 0 Å². The molecule has 0 bridgehead atoms. The van der Waals surface area contributed by atoms with Crippen molar-refractivity contribution >= 4 is 23.4 Å². The van der Waals surface area contributed by atoms with Crippen molar-refractivity contribution in [2.75, 3.05) is 0 Å². The van der Waals surface area contributed by atoms with Gasteiger partial charge in [0.15, 0.2) is 28.7 Å². The van der Waals surface area contributed by atoms with E-state index in [0.717, 1.165) is 5.56 Å². The van der Waals surface area contributed by atoms with Crippen molar-refractivity contribution in [1.82, 2.24) is 0 Å². The van der Waals surface area contributed by atoms with E-state index in [1.807, 2.05) is 30.3 Å². The Hall–Kier alpha value is -4.72. The molecule has 1 heterocycles. The van der Waals surface area contributed by atoms with E-state index in [1.54, 1.807) is 19.9 Å². The van der Waals surface area contributed by atoms with Crippen LogP contribution in [0.25, 0.3) is 11.8 Å². The predicted molar refractivity (Wildman–Crippen MR) is 142 cm³/mol. The number of ketones is 2. The lowest BCUT2D eigenvalue weighted by Gasteiger charge is -2.33. The first-order valence-corrected chi connectivity index (χ1v) is 11.9. The van der Waals surface area contributed by atoms with Crippen LogP contribution in [-0.4, -0.2) is 42.7 Å². The molecule has 0 radical (unpaired) electrons. The zero-order chi connectivity index (χ0) is 27.9. The van der Waals surface area contributed by atoms with Crippen LogP contribution in [0.4, 0.5) is 0 Å². The third-order valence-corrected chi connectivity index (χ3v) is 6.54. The molecule has 0 fully saturated rings. The zero-order valence-corrected chi connectivity index (χ0v) is 21.4. The number of aromatic hydroxyl groups is 3. The Bertz CT molecular complexity index is 1530. The molecule has 0 amide bonds. The summed E-state index contributed by atoms with van der Waals surface area (Å²) in [7, 11) is 0. The largest absolute Gasteiger partial charge is 0.507 e. The maximum absolute atomic E-state index is 13.4. The molecule has 0 saturated carbocycles. The smallest absolute Gasteiger partial charge is 0.189 e. The summed E-state index contributed by atoms with van der Waals surface area (Å²) in [4.78, 5) is 25.4. The Kier molecular flexibility index (Phi) is 6.67. The molecule has 0 aromatic heterocycles. The van der Waals surface area contributed by atoms with Gasteiger partial charge in [-0.15, -0.1) is 0 Å². The lowest BCUT2D eigenvalue weighted by molar-refractivity contribution is 0.0829. The predicted octanol–water partition coefficient (Wildman–Crippen LogP) is 5.76. The van der Waals surface area contributed by atoms with E-state index in [0.29, 0.717) is 5.56 Å². The topological polar surface area (TPSA) is 145 Å². The monoisotopic (exact) mass is 516 g/mol. The number of carbonyl (C=O) groups excluding carboxylic acids is 2. The van der Waals surface area contributed by atoms with E-state index >= 15 is 0 Å². The van der Waals surface area contributed by atoms with Crippen molar-refractivity contribution in [1.29, 1.82) is 0 Å². The Balaban J connectivity index is 1.89. The fourth-order valence-electron chi connectivity index (χ4n) is 4.41. The van der Waals surface area contributed by atoms with Gasteiger partial charge < -0.3 is 30.3 Å². The average Bonchev–Trinajstić information content (AvgIpc) is 2.87. The highest BCUT2D eigenvalue weighted by atomic mass is 16.5. The summed E-state index contributed by atoms with van der Waals surface area (Å²) in [6.45, 7) is 5.66. The first-order valence-electron chi connectivity index (χ1n) is 11.9. The van der Waals surface area contributed by atoms with Gasteiger partial charge in [-0.05, 0) is 57.0 Å². The second-order valence-corrected chi connectivity index (χ2v) is 9.70. The molecule has 0 spiro atoms. The third-order valence-electron chi connectivity index (χ3n) is 6.54. The molecule has 196 valence electrons. The van der Waals surface area contributed by atoms with Crippen molar-refractivity contribution in [3.8, 4) is 23.0 Å². The van der Waals surface area contributed by atoms with Crippen LogP contribution in [0.1, 0.15) is 69.3 Å². The highest BCUT2D eigenvalue weighted by Crippen LogP contribution is 2.45. The SMILES string of the molecule is CC(=O)c1c(O)c(C)c(O)c(Cc2cc(C(=O)C=Cc3ccccc3)c3c(c2)C(O)=C(O)C(C)(C)O3)c1O. The van der Waals surface area contributed by atoms with Gasteiger partial charge >= 0.3 is 0 Å². The van der Waals surface area contributed by atoms with Crippen LogP contribution in [-0.2, 0) is 6.42 Å². The van der Waals surface area contributed by atoms with Gasteiger partial charge in [-0.25, -0.2) is 0 Å². The Morgan fingerprint density at radius 1 is 0.947 bits per heavy atom. The maximum Gasteiger partial charge on any atom is 0.189 e. The molecule has 4 rings (SSSR count). The standard InChI is InChI=1S/C30H28O8/c1-15-24(33)20(26(35)23(16(2)31)25(15)34)13-18-12-19(22(32)11-10-17-8-6-5-7-9-17)28-21(14-18)27(36)29(37)30(3,4)38-28/h5-12,14,33-37H,13H2,1-4H3. The molecule has 0 saturated heterocycles. The lowest BCUT2D eigenvalue weighted by atomic mass is 9.89. The number of aliphatic hydroxyl groups excluding tert-OH is 2. The summed E-state index contributed by atoms with van der Waals surface area (Å²) in [6, 6.07) is 12.1. The van der Waals surface area contributed by atoms with Crippen LogP contribution >= 0.6 is 0 Å². The number of ether oxygens (including phenoxy) is 1. The highest BCUT2D eigenvalue weighted by molar-refractivity contribution is 6.09. The normalized spacial score (nSPS) is 14.3. The number of Topliss-reactive ketones (excluding diaryl/α,β-unsaturated/α-hetero) is 1. The molecule has 3 aromatic rings. The zero-order valence-electron chi connectivity index (χ0n) is 21.4. The van der Waals surface area contributed by atoms with Crippen molar-refractivity contribution in [2.45, 2.75) is 39.7 Å². The van der Waals surface area contributed by atoms with Gasteiger partial charge in [0.05, 0.1) is 11.1 Å². The first kappa shape index (κ1) is 26.3. The van der Waals surface area contributed by atoms with Crippen molar-refractivity contribution in [3.05, 3.63) is 93.2 Å². The molecule has 0 unspecified atom stereocenters. The van der Waals surface area contributed by atoms with Gasteiger partial charge in [0.1, 0.15) is 28.6 Å². The van der Waals surface area contributed by atoms with Crippen LogP contribution in [0.5, 0.6) is 23.0 Å². The van der Waals surface area contributed by atoms with Gasteiger partial charge in [0.25, 0.3) is 0 Å². The molecule has 0 atom stereocenters. The van der Waals surface area contributed by atoms with E-state index in [9.17, 15) is 35.1 Å². The Morgan fingerprint density at radius 2 is 1.61 bits per heavy atom. The molecular formula is C30H28O8. The van der Waals surface area contributed by atoms with Crippen LogP contribution in [0, 0.1) is 6.92 Å². The van der Waals surface area contributed by atoms with E-state index < -0.39 is 45.9 Å². The Morgan fingerprint density at radius 3 is 2.24 bits per heavy atom. The second kappa shape index (κ2) is 9.63. The van der Waals surface area contributed by atoms with Crippen molar-refractivity contribution in [2.24, 2.45) is 0 Å². The van der Waals surface area contributed by atoms with Gasteiger partial charge in [-0.2, -0.15) is 0 Å². The van der Waals surface area contributed by atoms with E-state index in [2.05, 4.69) is 0 Å². The van der Waals surface area contributed by atoms with Crippen LogP contribution < -0.4 is 4.74 Å². The maximum atomic E-state index is 13.4. The number of allylic oxidation sites excluding steroid dienone is 1. The molecule has 1 aliphatic rings. The van der Waals surface area contributed by atoms with Crippen LogP contribution in [0.3, 0.4) is 0 Å². The fraction of sp³-hybridized carbons (Fsp3) is 0.200. The summed E-state index contributed by atoms with van der Waals surface area (Å²) < 4.78 is 5.95. The number of phenolic OH excluding ortho intramolecular Hbond substituents is 3. The van der Waals surface area contributed by atoms with Crippen LogP contribution in [0.15, 0.2) is 54.3 Å². The number of hydrogen-bond donors (Lipinski definition) is 5. The number of benzene rings is 3. The number of aliphatic hydroxyl groups is 2. The molecule has 3 aromatic carbocycles. The molecule has 0 aliphatic carbocycles. The minimum absolute atomic E-state index is 0.00789. The summed E-state index contributed by atoms with van der Waals surface area (Å²) in [6.07, 6.45) is 2.81. The minimum Gasteiger partial charge on any atom is -0.507 e. The summed E-state index contributed by atoms with van der Waals surface area (Å²) in [5.74, 6) is -3.41. The van der Waals surface area contributed by atoms with Gasteiger partial charge in [-0.1, -0.05) is 36.4 Å². The third kappa shape index (κ3) is 4.56. The number of hydrogen-bond acceptors (Lipinski definition) is 8. The first-order chi connectivity index (χ1) is 17.8. The second-order valence-electron chi connectivity index (χ2n) is 9.70. The molecule has 38 heavy (non-hydrogen) atoms. The lowest BCUT2D eigenvalue weighted by Crippen LogP contribution is -2.35. The van der Waals surface area contributed by atoms with Crippen molar-refractivity contribution in [3.63, 3.8) is 0 Å². The summed E-state index contributed by atoms with van der Waals surface area (Å²) in [5.41, 5.74) is -0.401. The summed E-state index contributed by atoms with van der Waals surface area (Å²) in [5, 5.41) is 53.1. The van der Waals surface area contributed by atoms with Gasteiger partial charge in [-0.3, -0.25) is 9.59 Å². The van der Waals surface area contributed by atoms with E-state index in [-0.39, 0.29) is 40.0 Å². The van der Waals surface area contributed by atoms with E-state index in [4.69, 9.17) is 4.74 Å². The molecule has 8 heteroatoms. The fourth-order valence-corrected chi connectivity index (χ4v) is 4.41. The number of rotatable bonds is 6. The minimum atomic E-state index is -1.31. The molecular weight excluding hydrogens is 488 g/mol. The van der Waals surface area contributed by atoms with Gasteiger partial charge in [0.2, 0.25) is 0 Å². The van der Waals surface area contributed by atoms with Gasteiger partial charge in [0, 0.05) is 17.5 Å². The number of phenols is 3. The quantitative estimate of drug-likeness (QED) is 0.206. The molecule has 5 N–H and O–H groups in total. The number of fused-ring (bicyclic) bond motifs is 1. The Labute approximate surface area is 219 Å². The molecule has 8 nitrogen and oxygen atoms in total. The molecule has 1 aliphatic heterocycles. The highest BCUT2D eigenvalue weighted by Gasteiger charge is 2.38. The van der Waals surface area contributed by atoms with Crippen molar-refractivity contribution < 1.29 is 39.9 Å². The number of carbonyl (C=O) groups is 2. The summed E-state index contributed by atoms with van der Waals surface area (Å²) >= 11 is 0.